The van der Waals surface area contributed by atoms with Crippen molar-refractivity contribution in [1.82, 2.24) is 46.5 Å². The van der Waals surface area contributed by atoms with Gasteiger partial charge in [0.25, 0.3) is 17.7 Å². The molecular formula is C60H74FN9O13S. The van der Waals surface area contributed by atoms with Gasteiger partial charge in [-0.05, 0) is 72.4 Å². The number of phenolic OH excluding ortho intramolecular Hbond substituents is 1. The molecule has 84 heavy (non-hydrogen) atoms. The lowest BCUT2D eigenvalue weighted by Gasteiger charge is -2.36. The van der Waals surface area contributed by atoms with E-state index < -0.39 is 58.9 Å². The molecule has 2 aliphatic carbocycles. The number of ether oxygens (including phenoxy) is 3. The third-order valence-corrected chi connectivity index (χ3v) is 15.9. The number of phenols is 1. The number of carbonyl (C=O) groups excluding carboxylic acids is 7. The molecule has 7 amide bonds. The zero-order valence-corrected chi connectivity index (χ0v) is 48.7. The Hall–Kier alpha value is -7.64. The van der Waals surface area contributed by atoms with Gasteiger partial charge in [-0.15, -0.1) is 11.3 Å². The fraction of sp³-hybridized carbons (Fsp3) is 0.483. The first-order valence-electron chi connectivity index (χ1n) is 28.2. The maximum absolute atomic E-state index is 14.7. The number of aromatic nitrogens is 2. The Balaban J connectivity index is 0.694. The highest BCUT2D eigenvalue weighted by Crippen LogP contribution is 2.41. The number of hydrogen-bond donors (Lipinski definition) is 7. The van der Waals surface area contributed by atoms with Crippen LogP contribution in [-0.4, -0.2) is 168 Å². The largest absolute Gasteiger partial charge is 0.507 e. The molecule has 22 nitrogen and oxygen atoms in total. The van der Waals surface area contributed by atoms with Gasteiger partial charge in [0.2, 0.25) is 23.6 Å². The van der Waals surface area contributed by atoms with Crippen LogP contribution in [0.15, 0.2) is 82.8 Å². The van der Waals surface area contributed by atoms with Gasteiger partial charge in [0, 0.05) is 57.7 Å². The first-order chi connectivity index (χ1) is 40.2. The molecule has 1 aliphatic heterocycles. The first kappa shape index (κ1) is 62.4. The number of halogens is 1. The fourth-order valence-electron chi connectivity index (χ4n) is 9.99. The molecule has 0 spiro atoms. The van der Waals surface area contributed by atoms with Crippen LogP contribution in [0.4, 0.5) is 4.39 Å². The smallest absolute Gasteiger partial charge is 0.273 e. The molecule has 1 saturated carbocycles. The average molecular weight is 1180 g/mol. The molecule has 2 aromatic heterocycles. The second kappa shape index (κ2) is 28.3. The van der Waals surface area contributed by atoms with E-state index in [2.05, 4.69) is 42.8 Å². The van der Waals surface area contributed by atoms with Crippen molar-refractivity contribution in [2.45, 2.75) is 109 Å². The Morgan fingerprint density at radius 3 is 2.26 bits per heavy atom. The van der Waals surface area contributed by atoms with E-state index in [1.54, 1.807) is 39.4 Å². The maximum atomic E-state index is 14.7. The van der Waals surface area contributed by atoms with Crippen LogP contribution >= 0.6 is 11.3 Å². The van der Waals surface area contributed by atoms with Gasteiger partial charge in [-0.3, -0.25) is 33.6 Å². The van der Waals surface area contributed by atoms with Gasteiger partial charge < -0.3 is 65.3 Å². The Labute approximate surface area is 490 Å². The van der Waals surface area contributed by atoms with Gasteiger partial charge in [0.1, 0.15) is 17.8 Å². The van der Waals surface area contributed by atoms with Gasteiger partial charge in [-0.25, -0.2) is 9.37 Å². The molecule has 1 saturated heterocycles. The van der Waals surface area contributed by atoms with Crippen LogP contribution in [0.3, 0.4) is 0 Å². The number of aliphatic hydroxyl groups excluding tert-OH is 1. The van der Waals surface area contributed by atoms with E-state index in [0.29, 0.717) is 11.1 Å². The standard InChI is InChI=1S/C60H74FN9O13S/c1-36-52(84-35-64-36)39-12-10-38(11-13-39)45(66-55(76)47-31-41(71)34-70(47)57(78)53(59(2,3)4)67-58(79)60(61)19-20-60)33-51(74)63-22-25-81-27-29-82-28-26-80-24-18-50(73)62-21-23-69(5)56(77)43-16-14-40(30-48(43)72)49-32-46(68-83-49)54(75)65-44-17-15-37-8-6-7-9-42(37)44/h6-14,16,30,32,35,41,44-45,47,53,71-72H,15,17-29,31,33-34H2,1-5H3,(H,62,73)(H,63,74)(H,65,75)(H,66,76)(H,67,79)/t41-,44-,45+,47+,53-/m1/s1. The van der Waals surface area contributed by atoms with Gasteiger partial charge in [-0.2, -0.15) is 0 Å². The van der Waals surface area contributed by atoms with E-state index in [4.69, 9.17) is 18.7 Å². The van der Waals surface area contributed by atoms with Crippen molar-refractivity contribution in [2.75, 3.05) is 72.9 Å². The summed E-state index contributed by atoms with van der Waals surface area (Å²) >= 11 is 1.49. The number of aryl methyl sites for hydroxylation is 2. The number of nitrogens with zero attached hydrogens (tertiary/aromatic N) is 4. The highest BCUT2D eigenvalue weighted by molar-refractivity contribution is 7.13. The molecule has 3 aliphatic rings. The quantitative estimate of drug-likeness (QED) is 0.0329. The van der Waals surface area contributed by atoms with Gasteiger partial charge >= 0.3 is 0 Å². The van der Waals surface area contributed by atoms with E-state index in [1.165, 1.54) is 44.9 Å². The van der Waals surface area contributed by atoms with Crippen LogP contribution in [0.25, 0.3) is 21.8 Å². The second-order valence-corrected chi connectivity index (χ2v) is 23.2. The van der Waals surface area contributed by atoms with Crippen molar-refractivity contribution in [3.8, 4) is 27.5 Å². The van der Waals surface area contributed by atoms with E-state index >= 15 is 0 Å². The van der Waals surface area contributed by atoms with E-state index in [-0.39, 0.29) is 144 Å². The molecule has 0 bridgehead atoms. The number of aliphatic hydroxyl groups is 1. The van der Waals surface area contributed by atoms with E-state index in [0.717, 1.165) is 34.5 Å². The zero-order valence-electron chi connectivity index (χ0n) is 47.9. The lowest BCUT2D eigenvalue weighted by atomic mass is 9.85. The van der Waals surface area contributed by atoms with Crippen molar-refractivity contribution in [1.29, 1.82) is 0 Å². The summed E-state index contributed by atoms with van der Waals surface area (Å²) in [6, 6.07) is 18.0. The lowest BCUT2D eigenvalue weighted by molar-refractivity contribution is -0.145. The molecule has 5 aromatic rings. The topological polar surface area (TPSA) is 293 Å². The minimum absolute atomic E-state index is 0.0441. The number of thiazole rings is 1. The normalized spacial score (nSPS) is 17.6. The number of nitrogens with one attached hydrogen (secondary N) is 5. The minimum atomic E-state index is -2.03. The number of likely N-dealkylation sites (N-methyl/N-ethyl adjacent to an activating group) is 1. The van der Waals surface area contributed by atoms with Crippen LogP contribution in [-0.2, 0) is 44.6 Å². The monoisotopic (exact) mass is 1180 g/mol. The van der Waals surface area contributed by atoms with Gasteiger partial charge in [-0.1, -0.05) is 80.5 Å². The van der Waals surface area contributed by atoms with Crippen molar-refractivity contribution in [3.63, 3.8) is 0 Å². The van der Waals surface area contributed by atoms with Crippen molar-refractivity contribution in [3.05, 3.63) is 112 Å². The number of rotatable bonds is 28. The Morgan fingerprint density at radius 1 is 0.881 bits per heavy atom. The summed E-state index contributed by atoms with van der Waals surface area (Å²) in [6.45, 7) is 8.62. The molecule has 24 heteroatoms. The Bertz CT molecular complexity index is 3140. The number of fused-ring (bicyclic) bond motifs is 1. The molecule has 2 fully saturated rings. The van der Waals surface area contributed by atoms with Crippen LogP contribution in [0.5, 0.6) is 5.75 Å². The molecule has 450 valence electrons. The van der Waals surface area contributed by atoms with Gasteiger partial charge in [0.05, 0.1) is 85.9 Å². The third kappa shape index (κ3) is 16.4. The second-order valence-electron chi connectivity index (χ2n) is 22.4. The fourth-order valence-corrected chi connectivity index (χ4v) is 10.8. The maximum Gasteiger partial charge on any atom is 0.273 e. The van der Waals surface area contributed by atoms with Gasteiger partial charge in [0.15, 0.2) is 17.1 Å². The number of aromatic hydroxyl groups is 1. The minimum Gasteiger partial charge on any atom is -0.507 e. The molecule has 7 N–H and O–H groups in total. The van der Waals surface area contributed by atoms with Crippen LogP contribution in [0.2, 0.25) is 0 Å². The summed E-state index contributed by atoms with van der Waals surface area (Å²) in [4.78, 5) is 101. The molecule has 3 aromatic carbocycles. The van der Waals surface area contributed by atoms with Crippen LogP contribution in [0.1, 0.15) is 115 Å². The summed E-state index contributed by atoms with van der Waals surface area (Å²) in [7, 11) is 1.55. The zero-order chi connectivity index (χ0) is 60.1. The molecule has 0 radical (unpaired) electrons. The number of benzene rings is 3. The van der Waals surface area contributed by atoms with E-state index in [1.807, 2.05) is 49.4 Å². The molecular weight excluding hydrogens is 1110 g/mol. The first-order valence-corrected chi connectivity index (χ1v) is 29.1. The molecule has 0 unspecified atom stereocenters. The predicted octanol–water partition coefficient (Wildman–Crippen LogP) is 4.88. The summed E-state index contributed by atoms with van der Waals surface area (Å²) in [5.74, 6) is -3.66. The summed E-state index contributed by atoms with van der Waals surface area (Å²) in [6.07, 6.45) is 0.579. The number of β-amino-alcohol motifs (C(OH)–C–C–N with tert-alkyl or cyclic N) is 1. The van der Waals surface area contributed by atoms with E-state index in [9.17, 15) is 48.2 Å². The Kier molecular flexibility index (Phi) is 21.0. The van der Waals surface area contributed by atoms with Crippen molar-refractivity contribution >= 4 is 52.7 Å². The molecule has 8 rings (SSSR count). The Morgan fingerprint density at radius 2 is 1.57 bits per heavy atom. The number of amides is 7. The van der Waals surface area contributed by atoms with Crippen LogP contribution in [0, 0.1) is 12.3 Å². The molecule has 5 atom stereocenters. The van der Waals surface area contributed by atoms with Crippen molar-refractivity contribution in [2.24, 2.45) is 5.41 Å². The number of carbonyl (C=O) groups is 7. The summed E-state index contributed by atoms with van der Waals surface area (Å²) in [5, 5.41) is 39.5. The summed E-state index contributed by atoms with van der Waals surface area (Å²) in [5.41, 5.74) is 4.10. The van der Waals surface area contributed by atoms with Crippen LogP contribution < -0.4 is 26.6 Å². The lowest BCUT2D eigenvalue weighted by Crippen LogP contribution is -2.59. The highest BCUT2D eigenvalue weighted by atomic mass is 32.1. The predicted molar refractivity (Wildman–Crippen MR) is 307 cm³/mol. The number of likely N-dealkylation sites (tertiary alicyclic amines) is 1. The van der Waals surface area contributed by atoms with Crippen molar-refractivity contribution < 1.29 is 66.9 Å². The molecule has 3 heterocycles. The average Bonchev–Trinajstić information content (AvgIpc) is 3.30. The third-order valence-electron chi connectivity index (χ3n) is 15.0. The highest BCUT2D eigenvalue weighted by Gasteiger charge is 2.53. The SMILES string of the molecule is Cc1ncsc1-c1ccc([C@H](CC(=O)NCCOCCOCCOCCC(=O)NCCN(C)C(=O)c2ccc(-c3cc(C(=O)N[C@@H]4CCc5ccccc54)no3)cc2O)NC(=O)[C@@H]2C[C@@H](O)CN2C(=O)[C@@H](NC(=O)C2(F)CC2)C(C)(C)C)cc1. The summed E-state index contributed by atoms with van der Waals surface area (Å²) < 4.78 is 36.9. The number of alkyl halides is 1. The number of hydrogen-bond acceptors (Lipinski definition) is 16.